The standard InChI is InChI=1S/C28H33NO9/c1-3-35-24(32)15-14-23(31)25(36-17-22-12-8-5-9-13-22)26(33)28(18-37-20(2)30)19-38-27(34)29(28)16-21-10-6-4-7-11-21/h4-15,23,25-26,31,33H,3,16-19H2,1-2H3/b15-14+/t23-,25+,26-,28?/m0/s1. The van der Waals surface area contributed by atoms with E-state index < -0.39 is 48.5 Å². The minimum Gasteiger partial charge on any atom is -0.463 e. The maximum atomic E-state index is 12.9. The van der Waals surface area contributed by atoms with Crippen molar-refractivity contribution in [3.8, 4) is 0 Å². The van der Waals surface area contributed by atoms with Crippen LogP contribution in [0.4, 0.5) is 4.79 Å². The molecule has 0 spiro atoms. The molecule has 1 saturated heterocycles. The first kappa shape index (κ1) is 28.8. The fourth-order valence-electron chi connectivity index (χ4n) is 4.11. The first-order valence-electron chi connectivity index (χ1n) is 12.2. The Kier molecular flexibility index (Phi) is 10.4. The van der Waals surface area contributed by atoms with Gasteiger partial charge in [-0.2, -0.15) is 0 Å². The van der Waals surface area contributed by atoms with E-state index in [0.717, 1.165) is 23.3 Å². The van der Waals surface area contributed by atoms with Crippen molar-refractivity contribution >= 4 is 18.0 Å². The Morgan fingerprint density at radius 1 is 1.05 bits per heavy atom. The quantitative estimate of drug-likeness (QED) is 0.229. The Hall–Kier alpha value is -3.73. The van der Waals surface area contributed by atoms with E-state index in [1.54, 1.807) is 31.2 Å². The summed E-state index contributed by atoms with van der Waals surface area (Å²) >= 11 is 0. The van der Waals surface area contributed by atoms with E-state index in [9.17, 15) is 24.6 Å². The minimum atomic E-state index is -1.61. The zero-order chi connectivity index (χ0) is 27.5. The number of amides is 1. The molecule has 10 heteroatoms. The van der Waals surface area contributed by atoms with Gasteiger partial charge in [-0.05, 0) is 24.1 Å². The summed E-state index contributed by atoms with van der Waals surface area (Å²) < 4.78 is 21.5. The van der Waals surface area contributed by atoms with Gasteiger partial charge in [-0.15, -0.1) is 0 Å². The van der Waals surface area contributed by atoms with Crippen LogP contribution in [0.15, 0.2) is 72.8 Å². The molecule has 1 heterocycles. The Morgan fingerprint density at radius 2 is 1.68 bits per heavy atom. The third-order valence-corrected chi connectivity index (χ3v) is 6.11. The normalized spacial score (nSPS) is 19.6. The molecule has 10 nitrogen and oxygen atoms in total. The van der Waals surface area contributed by atoms with Crippen molar-refractivity contribution in [1.29, 1.82) is 0 Å². The average Bonchev–Trinajstić information content (AvgIpc) is 3.23. The lowest BCUT2D eigenvalue weighted by molar-refractivity contribution is -0.163. The predicted molar refractivity (Wildman–Crippen MR) is 136 cm³/mol. The van der Waals surface area contributed by atoms with E-state index in [4.69, 9.17) is 18.9 Å². The maximum absolute atomic E-state index is 12.9. The molecule has 1 amide bonds. The van der Waals surface area contributed by atoms with Crippen LogP contribution < -0.4 is 0 Å². The van der Waals surface area contributed by atoms with Crippen molar-refractivity contribution in [3.05, 3.63) is 83.9 Å². The van der Waals surface area contributed by atoms with Gasteiger partial charge in [0.2, 0.25) is 0 Å². The molecule has 0 bridgehead atoms. The molecule has 2 aromatic carbocycles. The van der Waals surface area contributed by atoms with E-state index in [-0.39, 0.29) is 26.4 Å². The molecule has 1 aliphatic heterocycles. The van der Waals surface area contributed by atoms with Gasteiger partial charge < -0.3 is 29.2 Å². The van der Waals surface area contributed by atoms with Gasteiger partial charge in [-0.25, -0.2) is 9.59 Å². The van der Waals surface area contributed by atoms with Gasteiger partial charge in [0.1, 0.15) is 37.1 Å². The molecule has 4 atom stereocenters. The number of ether oxygens (including phenoxy) is 4. The molecule has 0 aromatic heterocycles. The molecule has 1 fully saturated rings. The largest absolute Gasteiger partial charge is 0.463 e. The van der Waals surface area contributed by atoms with Crippen LogP contribution in [0, 0.1) is 0 Å². The Bertz CT molecular complexity index is 1090. The molecule has 0 saturated carbocycles. The molecular weight excluding hydrogens is 494 g/mol. The highest BCUT2D eigenvalue weighted by molar-refractivity contribution is 5.82. The number of aliphatic hydroxyl groups is 2. The van der Waals surface area contributed by atoms with Crippen LogP contribution in [0.5, 0.6) is 0 Å². The van der Waals surface area contributed by atoms with Gasteiger partial charge in [0.05, 0.1) is 13.2 Å². The Labute approximate surface area is 221 Å². The summed E-state index contributed by atoms with van der Waals surface area (Å²) in [6, 6.07) is 18.1. The van der Waals surface area contributed by atoms with Crippen LogP contribution in [-0.4, -0.2) is 76.8 Å². The van der Waals surface area contributed by atoms with Crippen LogP contribution in [-0.2, 0) is 41.7 Å². The fourth-order valence-corrected chi connectivity index (χ4v) is 4.11. The first-order valence-corrected chi connectivity index (χ1v) is 12.2. The SMILES string of the molecule is CCOC(=O)/C=C/[C@H](O)[C@@H](OCc1ccccc1)[C@H](O)C1(COC(C)=O)COC(=O)N1Cc1ccccc1. The molecule has 1 aliphatic rings. The number of carbonyl (C=O) groups excluding carboxylic acids is 3. The Balaban J connectivity index is 1.97. The lowest BCUT2D eigenvalue weighted by Crippen LogP contribution is -2.64. The smallest absolute Gasteiger partial charge is 0.410 e. The molecule has 2 N–H and O–H groups in total. The van der Waals surface area contributed by atoms with Crippen molar-refractivity contribution in [1.82, 2.24) is 4.90 Å². The molecule has 2 aromatic rings. The van der Waals surface area contributed by atoms with Gasteiger partial charge in [0.15, 0.2) is 0 Å². The van der Waals surface area contributed by atoms with Crippen molar-refractivity contribution in [2.24, 2.45) is 0 Å². The van der Waals surface area contributed by atoms with Crippen molar-refractivity contribution in [3.63, 3.8) is 0 Å². The molecule has 1 unspecified atom stereocenters. The minimum absolute atomic E-state index is 0.00398. The molecule has 204 valence electrons. The lowest BCUT2D eigenvalue weighted by atomic mass is 9.86. The second kappa shape index (κ2) is 13.7. The highest BCUT2D eigenvalue weighted by Gasteiger charge is 2.57. The van der Waals surface area contributed by atoms with Crippen LogP contribution >= 0.6 is 0 Å². The number of aliphatic hydroxyl groups excluding tert-OH is 2. The number of cyclic esters (lactones) is 1. The molecule has 0 radical (unpaired) electrons. The summed E-state index contributed by atoms with van der Waals surface area (Å²) in [5.74, 6) is -1.30. The van der Waals surface area contributed by atoms with E-state index in [2.05, 4.69) is 0 Å². The number of esters is 2. The summed E-state index contributed by atoms with van der Waals surface area (Å²) in [7, 11) is 0. The van der Waals surface area contributed by atoms with Gasteiger partial charge in [0.25, 0.3) is 0 Å². The highest BCUT2D eigenvalue weighted by Crippen LogP contribution is 2.34. The van der Waals surface area contributed by atoms with Crippen LogP contribution in [0.25, 0.3) is 0 Å². The Morgan fingerprint density at radius 3 is 2.29 bits per heavy atom. The summed E-state index contributed by atoms with van der Waals surface area (Å²) in [6.45, 7) is 2.31. The molecule has 3 rings (SSSR count). The van der Waals surface area contributed by atoms with Gasteiger partial charge >= 0.3 is 18.0 Å². The fraction of sp³-hybridized carbons (Fsp3) is 0.393. The van der Waals surface area contributed by atoms with E-state index in [0.29, 0.717) is 0 Å². The highest BCUT2D eigenvalue weighted by atomic mass is 16.6. The first-order chi connectivity index (χ1) is 18.3. The molecule has 0 aliphatic carbocycles. The van der Waals surface area contributed by atoms with Crippen molar-refractivity contribution < 1.29 is 43.5 Å². The van der Waals surface area contributed by atoms with E-state index in [1.807, 2.05) is 36.4 Å². The van der Waals surface area contributed by atoms with Crippen LogP contribution in [0.2, 0.25) is 0 Å². The van der Waals surface area contributed by atoms with Gasteiger partial charge in [-0.1, -0.05) is 60.7 Å². The zero-order valence-corrected chi connectivity index (χ0v) is 21.4. The number of hydrogen-bond donors (Lipinski definition) is 2. The number of carbonyl (C=O) groups is 3. The van der Waals surface area contributed by atoms with E-state index >= 15 is 0 Å². The topological polar surface area (TPSA) is 132 Å². The summed E-state index contributed by atoms with van der Waals surface area (Å²) in [4.78, 5) is 37.8. The summed E-state index contributed by atoms with van der Waals surface area (Å²) in [5, 5.41) is 22.8. The number of benzene rings is 2. The van der Waals surface area contributed by atoms with Gasteiger partial charge in [0, 0.05) is 19.5 Å². The predicted octanol–water partition coefficient (Wildman–Crippen LogP) is 2.37. The number of nitrogens with zero attached hydrogens (tertiary/aromatic N) is 1. The van der Waals surface area contributed by atoms with E-state index in [1.165, 1.54) is 11.8 Å². The average molecular weight is 528 g/mol. The summed E-state index contributed by atoms with van der Waals surface area (Å²) in [5.41, 5.74) is -0.0888. The van der Waals surface area contributed by atoms with Crippen LogP contribution in [0.1, 0.15) is 25.0 Å². The third-order valence-electron chi connectivity index (χ3n) is 6.11. The second-order valence-electron chi connectivity index (χ2n) is 8.82. The van der Waals surface area contributed by atoms with Crippen molar-refractivity contribution in [2.45, 2.75) is 50.8 Å². The lowest BCUT2D eigenvalue weighted by Gasteiger charge is -2.42. The molecule has 38 heavy (non-hydrogen) atoms. The van der Waals surface area contributed by atoms with Crippen molar-refractivity contribution in [2.75, 3.05) is 19.8 Å². The zero-order valence-electron chi connectivity index (χ0n) is 21.4. The third kappa shape index (κ3) is 7.41. The van der Waals surface area contributed by atoms with Gasteiger partial charge in [-0.3, -0.25) is 9.69 Å². The van der Waals surface area contributed by atoms with Crippen LogP contribution in [0.3, 0.4) is 0 Å². The maximum Gasteiger partial charge on any atom is 0.410 e. The number of hydrogen-bond acceptors (Lipinski definition) is 9. The second-order valence-corrected chi connectivity index (χ2v) is 8.82. The summed E-state index contributed by atoms with van der Waals surface area (Å²) in [6.07, 6.45) is -3.00. The number of rotatable bonds is 13. The molecular formula is C28H33NO9. The monoisotopic (exact) mass is 527 g/mol.